The molecule has 0 atom stereocenters. The summed E-state index contributed by atoms with van der Waals surface area (Å²) in [5.74, 6) is -0.444. The third-order valence-electron chi connectivity index (χ3n) is 5.45. The molecule has 0 unspecified atom stereocenters. The van der Waals surface area contributed by atoms with E-state index >= 15 is 0 Å². The third kappa shape index (κ3) is 4.27. The molecule has 0 aliphatic carbocycles. The predicted molar refractivity (Wildman–Crippen MR) is 126 cm³/mol. The Hall–Kier alpha value is -3.03. The second kappa shape index (κ2) is 8.38. The van der Waals surface area contributed by atoms with Crippen LogP contribution in [0.5, 0.6) is 0 Å². The molecule has 2 aromatic carbocycles. The maximum absolute atomic E-state index is 12.6. The number of amides is 1. The van der Waals surface area contributed by atoms with Crippen LogP contribution in [0.3, 0.4) is 0 Å². The summed E-state index contributed by atoms with van der Waals surface area (Å²) in [4.78, 5) is 15.0. The van der Waals surface area contributed by atoms with E-state index in [-0.39, 0.29) is 11.1 Å². The first-order valence-electron chi connectivity index (χ1n) is 9.97. The number of fused-ring (bicyclic) bond motifs is 1. The summed E-state index contributed by atoms with van der Waals surface area (Å²) in [5, 5.41) is 12.9. The zero-order valence-corrected chi connectivity index (χ0v) is 18.8. The Morgan fingerprint density at radius 3 is 2.50 bits per heavy atom. The number of hydrogen-bond donors (Lipinski definition) is 1. The predicted octanol–water partition coefficient (Wildman–Crippen LogP) is 6.22. The maximum Gasteiger partial charge on any atom is 0.266 e. The number of likely N-dealkylation sites (N-methyl/N-ethyl adjacent to an activating group) is 1. The second-order valence-electron chi connectivity index (χ2n) is 8.08. The van der Waals surface area contributed by atoms with Crippen LogP contribution in [-0.4, -0.2) is 18.0 Å². The van der Waals surface area contributed by atoms with Crippen molar-refractivity contribution in [3.05, 3.63) is 69.8 Å². The highest BCUT2D eigenvalue weighted by Gasteiger charge is 2.30. The quantitative estimate of drug-likeness (QED) is 0.473. The van der Waals surface area contributed by atoms with Crippen LogP contribution < -0.4 is 10.2 Å². The maximum atomic E-state index is 12.6. The molecule has 0 radical (unpaired) electrons. The number of anilines is 2. The fourth-order valence-corrected chi connectivity index (χ4v) is 4.14. The Labute approximate surface area is 183 Å². The topological polar surface area (TPSA) is 56.1 Å². The van der Waals surface area contributed by atoms with E-state index in [1.54, 1.807) is 30.3 Å². The molecule has 154 valence electrons. The number of nitrogens with zero attached hydrogens (tertiary/aromatic N) is 2. The van der Waals surface area contributed by atoms with E-state index in [0.717, 1.165) is 23.2 Å². The number of carbonyl (C=O) groups is 1. The molecule has 30 heavy (non-hydrogen) atoms. The summed E-state index contributed by atoms with van der Waals surface area (Å²) < 4.78 is 0. The minimum atomic E-state index is -0.444. The van der Waals surface area contributed by atoms with Crippen LogP contribution in [0.2, 0.25) is 5.02 Å². The van der Waals surface area contributed by atoms with E-state index in [1.165, 1.54) is 11.3 Å². The van der Waals surface area contributed by atoms with Crippen molar-refractivity contribution in [3.8, 4) is 6.07 Å². The summed E-state index contributed by atoms with van der Waals surface area (Å²) in [6, 6.07) is 13.0. The van der Waals surface area contributed by atoms with E-state index in [9.17, 15) is 10.1 Å². The first-order chi connectivity index (χ1) is 14.2. The molecule has 1 amide bonds. The van der Waals surface area contributed by atoms with Crippen molar-refractivity contribution in [3.63, 3.8) is 0 Å². The van der Waals surface area contributed by atoms with Crippen molar-refractivity contribution >= 4 is 40.5 Å². The Morgan fingerprint density at radius 1 is 1.23 bits per heavy atom. The van der Waals surface area contributed by atoms with Crippen molar-refractivity contribution < 1.29 is 4.79 Å². The van der Waals surface area contributed by atoms with E-state index in [1.807, 2.05) is 13.0 Å². The summed E-state index contributed by atoms with van der Waals surface area (Å²) in [5.41, 5.74) is 5.96. The van der Waals surface area contributed by atoms with Crippen LogP contribution in [0.1, 0.15) is 44.4 Å². The Bertz CT molecular complexity index is 1090. The van der Waals surface area contributed by atoms with E-state index in [0.29, 0.717) is 10.7 Å². The minimum Gasteiger partial charge on any atom is -0.363 e. The SMILES string of the molecule is CCN1c2cc(C)c(/C=C(\C#N)C(=O)Nc3ccc(Cl)cc3)cc2C(C)=CC1(C)C. The van der Waals surface area contributed by atoms with E-state index in [2.05, 4.69) is 56.1 Å². The Kier molecular flexibility index (Phi) is 6.05. The van der Waals surface area contributed by atoms with Crippen LogP contribution in [0.15, 0.2) is 48.0 Å². The van der Waals surface area contributed by atoms with Crippen molar-refractivity contribution in [2.75, 3.05) is 16.8 Å². The number of nitriles is 1. The molecular weight excluding hydrogens is 394 g/mol. The number of carbonyl (C=O) groups excluding carboxylic acids is 1. The number of aryl methyl sites for hydroxylation is 1. The van der Waals surface area contributed by atoms with Gasteiger partial charge < -0.3 is 10.2 Å². The Balaban J connectivity index is 1.98. The molecule has 3 rings (SSSR count). The minimum absolute atomic E-state index is 0.0538. The third-order valence-corrected chi connectivity index (χ3v) is 5.70. The lowest BCUT2D eigenvalue weighted by Crippen LogP contribution is -2.44. The summed E-state index contributed by atoms with van der Waals surface area (Å²) in [6.45, 7) is 11.6. The lowest BCUT2D eigenvalue weighted by molar-refractivity contribution is -0.112. The van der Waals surface area contributed by atoms with Gasteiger partial charge in [0.1, 0.15) is 11.6 Å². The standard InChI is InChI=1S/C25H26ClN3O/c1-6-29-23-11-16(2)18(13-22(23)17(3)14-25(29,4)5)12-19(15-27)24(30)28-21-9-7-20(26)8-10-21/h7-14H,6H2,1-5H3,(H,28,30)/b19-12+. The Morgan fingerprint density at radius 2 is 1.90 bits per heavy atom. The molecule has 0 bridgehead atoms. The van der Waals surface area contributed by atoms with Gasteiger partial charge in [0, 0.05) is 28.5 Å². The molecule has 2 aromatic rings. The zero-order chi connectivity index (χ0) is 22.1. The molecule has 1 heterocycles. The van der Waals surface area contributed by atoms with Crippen LogP contribution in [-0.2, 0) is 4.79 Å². The van der Waals surface area contributed by atoms with Gasteiger partial charge in [0.25, 0.3) is 5.91 Å². The zero-order valence-electron chi connectivity index (χ0n) is 18.0. The molecule has 1 aliphatic rings. The monoisotopic (exact) mass is 419 g/mol. The van der Waals surface area contributed by atoms with E-state index in [4.69, 9.17) is 11.6 Å². The molecule has 4 nitrogen and oxygen atoms in total. The number of benzene rings is 2. The molecule has 0 saturated carbocycles. The van der Waals surface area contributed by atoms with Crippen molar-refractivity contribution in [1.29, 1.82) is 5.26 Å². The molecule has 0 saturated heterocycles. The first kappa shape index (κ1) is 21.7. The molecule has 0 fully saturated rings. The van der Waals surface area contributed by atoms with Gasteiger partial charge >= 0.3 is 0 Å². The summed E-state index contributed by atoms with van der Waals surface area (Å²) in [7, 11) is 0. The van der Waals surface area contributed by atoms with Crippen LogP contribution in [0, 0.1) is 18.3 Å². The lowest BCUT2D eigenvalue weighted by atomic mass is 9.86. The highest BCUT2D eigenvalue weighted by molar-refractivity contribution is 6.30. The summed E-state index contributed by atoms with van der Waals surface area (Å²) in [6.07, 6.45) is 3.92. The second-order valence-corrected chi connectivity index (χ2v) is 8.52. The van der Waals surface area contributed by atoms with Crippen molar-refractivity contribution in [1.82, 2.24) is 0 Å². The van der Waals surface area contributed by atoms with Crippen LogP contribution in [0.4, 0.5) is 11.4 Å². The molecule has 1 N–H and O–H groups in total. The summed E-state index contributed by atoms with van der Waals surface area (Å²) >= 11 is 5.89. The average molecular weight is 420 g/mol. The number of rotatable bonds is 4. The highest BCUT2D eigenvalue weighted by atomic mass is 35.5. The number of allylic oxidation sites excluding steroid dienone is 1. The fraction of sp³-hybridized carbons (Fsp3) is 0.280. The molecule has 5 heteroatoms. The van der Waals surface area contributed by atoms with Gasteiger partial charge in [0.05, 0.1) is 5.54 Å². The van der Waals surface area contributed by atoms with Gasteiger partial charge in [-0.1, -0.05) is 17.7 Å². The smallest absolute Gasteiger partial charge is 0.266 e. The number of nitrogens with one attached hydrogen (secondary N) is 1. The fourth-order valence-electron chi connectivity index (χ4n) is 4.01. The number of hydrogen-bond acceptors (Lipinski definition) is 3. The van der Waals surface area contributed by atoms with Gasteiger partial charge in [-0.2, -0.15) is 5.26 Å². The van der Waals surface area contributed by atoms with E-state index < -0.39 is 5.91 Å². The lowest BCUT2D eigenvalue weighted by Gasteiger charge is -2.43. The highest BCUT2D eigenvalue weighted by Crippen LogP contribution is 2.40. The van der Waals surface area contributed by atoms with Gasteiger partial charge in [-0.05, 0) is 93.8 Å². The molecule has 0 aromatic heterocycles. The van der Waals surface area contributed by atoms with Gasteiger partial charge in [0.15, 0.2) is 0 Å². The van der Waals surface area contributed by atoms with Gasteiger partial charge in [-0.15, -0.1) is 0 Å². The largest absolute Gasteiger partial charge is 0.363 e. The van der Waals surface area contributed by atoms with Gasteiger partial charge in [-0.3, -0.25) is 4.79 Å². The van der Waals surface area contributed by atoms with Gasteiger partial charge in [0.2, 0.25) is 0 Å². The van der Waals surface area contributed by atoms with Gasteiger partial charge in [-0.25, -0.2) is 0 Å². The van der Waals surface area contributed by atoms with Crippen molar-refractivity contribution in [2.24, 2.45) is 0 Å². The molecule has 0 spiro atoms. The first-order valence-corrected chi connectivity index (χ1v) is 10.3. The normalized spacial score (nSPS) is 15.2. The molecule has 1 aliphatic heterocycles. The van der Waals surface area contributed by atoms with Crippen LogP contribution >= 0.6 is 11.6 Å². The molecular formula is C25H26ClN3O. The van der Waals surface area contributed by atoms with Crippen molar-refractivity contribution in [2.45, 2.75) is 40.2 Å². The van der Waals surface area contributed by atoms with Crippen LogP contribution in [0.25, 0.3) is 11.6 Å². The number of halogens is 1. The average Bonchev–Trinajstić information content (AvgIpc) is 2.68.